The van der Waals surface area contributed by atoms with E-state index in [9.17, 15) is 14.4 Å². The van der Waals surface area contributed by atoms with E-state index in [0.717, 1.165) is 0 Å². The molecule has 1 amide bonds. The molecule has 0 unspecified atom stereocenters. The van der Waals surface area contributed by atoms with Gasteiger partial charge in [-0.05, 0) is 68.0 Å². The first-order valence-electron chi connectivity index (χ1n) is 13.4. The summed E-state index contributed by atoms with van der Waals surface area (Å²) in [7, 11) is 1.56. The molecule has 43 heavy (non-hydrogen) atoms. The monoisotopic (exact) mass is 617 g/mol. The van der Waals surface area contributed by atoms with E-state index >= 15 is 0 Å². The molecule has 1 aromatic heterocycles. The average Bonchev–Trinajstić information content (AvgIpc) is 3.30. The van der Waals surface area contributed by atoms with Gasteiger partial charge >= 0.3 is 5.97 Å². The van der Waals surface area contributed by atoms with Crippen LogP contribution in [0.3, 0.4) is 0 Å². The van der Waals surface area contributed by atoms with E-state index in [1.165, 1.54) is 15.9 Å². The number of hydrogen-bond acceptors (Lipinski definition) is 8. The van der Waals surface area contributed by atoms with Gasteiger partial charge in [-0.3, -0.25) is 14.2 Å². The number of rotatable bonds is 9. The standard InChI is InChI=1S/C32H28ClN3O6S/c1-4-41-27(37)18-42-25-14-13-22(33)15-21(25)17-26-31(39)36-29(20-9-8-12-24(16-20)40-3)28(19(2)34-32(36)43-26)30(38)35-23-10-6-5-7-11-23/h5-17,29H,4,18H2,1-3H3,(H,35,38)/b26-17-/t29-/m1/s1. The molecule has 2 heterocycles. The van der Waals surface area contributed by atoms with Crippen LogP contribution in [0.15, 0.2) is 93.9 Å². The number of methoxy groups -OCH3 is 1. The summed E-state index contributed by atoms with van der Waals surface area (Å²) < 4.78 is 18.0. The Labute approximate surface area is 256 Å². The van der Waals surface area contributed by atoms with E-state index in [-0.39, 0.29) is 24.7 Å². The second-order valence-electron chi connectivity index (χ2n) is 9.45. The van der Waals surface area contributed by atoms with Gasteiger partial charge in [0.15, 0.2) is 11.4 Å². The van der Waals surface area contributed by atoms with Crippen LogP contribution in [0.1, 0.15) is 31.0 Å². The minimum absolute atomic E-state index is 0.232. The highest BCUT2D eigenvalue weighted by atomic mass is 35.5. The van der Waals surface area contributed by atoms with Crippen molar-refractivity contribution in [2.75, 3.05) is 25.6 Å². The first-order chi connectivity index (χ1) is 20.8. The van der Waals surface area contributed by atoms with Crippen molar-refractivity contribution in [2.45, 2.75) is 19.9 Å². The Balaban J connectivity index is 1.63. The minimum atomic E-state index is -0.781. The largest absolute Gasteiger partial charge is 0.497 e. The molecular weight excluding hydrogens is 590 g/mol. The molecule has 11 heteroatoms. The summed E-state index contributed by atoms with van der Waals surface area (Å²) in [5, 5.41) is 3.36. The Hall–Kier alpha value is -4.67. The van der Waals surface area contributed by atoms with Crippen LogP contribution in [0.5, 0.6) is 11.5 Å². The summed E-state index contributed by atoms with van der Waals surface area (Å²) in [6.45, 7) is 3.40. The topological polar surface area (TPSA) is 108 Å². The Bertz CT molecular complexity index is 1900. The number of fused-ring (bicyclic) bond motifs is 1. The average molecular weight is 618 g/mol. The maximum atomic E-state index is 14.1. The van der Waals surface area contributed by atoms with Crippen LogP contribution in [0, 0.1) is 0 Å². The predicted octanol–water partition coefficient (Wildman–Crippen LogP) is 4.48. The van der Waals surface area contributed by atoms with E-state index in [4.69, 9.17) is 25.8 Å². The SMILES string of the molecule is CCOC(=O)COc1ccc(Cl)cc1/C=c1\sc2n(c1=O)[C@H](c1cccc(OC)c1)C(C(=O)Nc1ccccc1)=C(C)N=2. The molecule has 0 bridgehead atoms. The molecule has 0 radical (unpaired) electrons. The molecule has 3 aromatic carbocycles. The van der Waals surface area contributed by atoms with Crippen molar-refractivity contribution in [2.24, 2.45) is 4.99 Å². The van der Waals surface area contributed by atoms with Gasteiger partial charge in [-0.2, -0.15) is 0 Å². The quantitative estimate of drug-likeness (QED) is 0.278. The third kappa shape index (κ3) is 6.55. The molecule has 220 valence electrons. The number of amides is 1. The first-order valence-corrected chi connectivity index (χ1v) is 14.6. The summed E-state index contributed by atoms with van der Waals surface area (Å²) in [5.74, 6) is 0.0445. The molecule has 9 nitrogen and oxygen atoms in total. The van der Waals surface area contributed by atoms with Crippen molar-refractivity contribution < 1.29 is 23.8 Å². The summed E-state index contributed by atoms with van der Waals surface area (Å²) >= 11 is 7.45. The van der Waals surface area contributed by atoms with E-state index < -0.39 is 12.0 Å². The van der Waals surface area contributed by atoms with Crippen LogP contribution in [0.2, 0.25) is 5.02 Å². The van der Waals surface area contributed by atoms with Gasteiger partial charge in [0.05, 0.1) is 35.6 Å². The fourth-order valence-corrected chi connectivity index (χ4v) is 5.92. The predicted molar refractivity (Wildman–Crippen MR) is 165 cm³/mol. The molecule has 0 saturated heterocycles. The normalized spacial score (nSPS) is 14.5. The number of esters is 1. The number of para-hydroxylation sites is 1. The van der Waals surface area contributed by atoms with Gasteiger partial charge in [0.2, 0.25) is 0 Å². The van der Waals surface area contributed by atoms with Crippen LogP contribution in [-0.2, 0) is 14.3 Å². The zero-order chi connectivity index (χ0) is 30.5. The number of anilines is 1. The highest BCUT2D eigenvalue weighted by molar-refractivity contribution is 7.07. The van der Waals surface area contributed by atoms with Crippen molar-refractivity contribution in [3.8, 4) is 11.5 Å². The number of carbonyl (C=O) groups excluding carboxylic acids is 2. The van der Waals surface area contributed by atoms with Gasteiger partial charge in [0.1, 0.15) is 11.5 Å². The highest BCUT2D eigenvalue weighted by Gasteiger charge is 2.33. The lowest BCUT2D eigenvalue weighted by Crippen LogP contribution is -2.40. The molecule has 0 saturated carbocycles. The van der Waals surface area contributed by atoms with Gasteiger partial charge < -0.3 is 19.5 Å². The number of ether oxygens (including phenoxy) is 3. The van der Waals surface area contributed by atoms with E-state index in [0.29, 0.717) is 53.9 Å². The number of carbonyl (C=O) groups is 2. The fourth-order valence-electron chi connectivity index (χ4n) is 4.70. The molecule has 0 aliphatic carbocycles. The zero-order valence-corrected chi connectivity index (χ0v) is 25.2. The molecule has 1 N–H and O–H groups in total. The zero-order valence-electron chi connectivity index (χ0n) is 23.6. The lowest BCUT2D eigenvalue weighted by atomic mass is 9.95. The summed E-state index contributed by atoms with van der Waals surface area (Å²) in [6, 6.07) is 20.5. The first kappa shape index (κ1) is 29.8. The summed E-state index contributed by atoms with van der Waals surface area (Å²) in [6.07, 6.45) is 1.64. The molecular formula is C32H28ClN3O6S. The maximum absolute atomic E-state index is 14.1. The van der Waals surface area contributed by atoms with Crippen molar-refractivity contribution >= 4 is 46.6 Å². The number of nitrogens with one attached hydrogen (secondary N) is 1. The Morgan fingerprint density at radius 2 is 1.88 bits per heavy atom. The van der Waals surface area contributed by atoms with Gasteiger partial charge in [0, 0.05) is 16.3 Å². The van der Waals surface area contributed by atoms with Gasteiger partial charge in [0.25, 0.3) is 11.5 Å². The summed E-state index contributed by atoms with van der Waals surface area (Å²) in [4.78, 5) is 44.8. The highest BCUT2D eigenvalue weighted by Crippen LogP contribution is 2.32. The molecule has 5 rings (SSSR count). The van der Waals surface area contributed by atoms with E-state index in [1.807, 2.05) is 30.3 Å². The fraction of sp³-hybridized carbons (Fsp3) is 0.188. The number of thiazole rings is 1. The van der Waals surface area contributed by atoms with Crippen LogP contribution >= 0.6 is 22.9 Å². The molecule has 1 aliphatic heterocycles. The number of hydrogen-bond donors (Lipinski definition) is 1. The van der Waals surface area contributed by atoms with Crippen molar-refractivity contribution in [1.29, 1.82) is 0 Å². The molecule has 1 aliphatic rings. The van der Waals surface area contributed by atoms with Gasteiger partial charge in [-0.15, -0.1) is 0 Å². The lowest BCUT2D eigenvalue weighted by Gasteiger charge is -2.25. The number of benzene rings is 3. The van der Waals surface area contributed by atoms with E-state index in [1.54, 1.807) is 69.5 Å². The third-order valence-electron chi connectivity index (χ3n) is 6.62. The van der Waals surface area contributed by atoms with Gasteiger partial charge in [-0.1, -0.05) is 53.3 Å². The molecule has 1 atom stereocenters. The van der Waals surface area contributed by atoms with E-state index in [2.05, 4.69) is 10.3 Å². The van der Waals surface area contributed by atoms with Crippen LogP contribution in [0.25, 0.3) is 6.08 Å². The number of aromatic nitrogens is 1. The Kier molecular flexibility index (Phi) is 9.08. The molecule has 0 spiro atoms. The van der Waals surface area contributed by atoms with Crippen molar-refractivity contribution in [1.82, 2.24) is 4.57 Å². The van der Waals surface area contributed by atoms with Crippen molar-refractivity contribution in [3.63, 3.8) is 0 Å². The van der Waals surface area contributed by atoms with Crippen LogP contribution in [-0.4, -0.2) is 36.8 Å². The summed E-state index contributed by atoms with van der Waals surface area (Å²) in [5.41, 5.74) is 2.25. The number of halogens is 1. The number of nitrogens with zero attached hydrogens (tertiary/aromatic N) is 2. The minimum Gasteiger partial charge on any atom is -0.497 e. The molecule has 0 fully saturated rings. The van der Waals surface area contributed by atoms with Crippen LogP contribution in [0.4, 0.5) is 5.69 Å². The Morgan fingerprint density at radius 3 is 2.63 bits per heavy atom. The third-order valence-corrected chi connectivity index (χ3v) is 7.83. The lowest BCUT2D eigenvalue weighted by molar-refractivity contribution is -0.145. The Morgan fingerprint density at radius 1 is 1.09 bits per heavy atom. The van der Waals surface area contributed by atoms with Gasteiger partial charge in [-0.25, -0.2) is 9.79 Å². The maximum Gasteiger partial charge on any atom is 0.344 e. The number of allylic oxidation sites excluding steroid dienone is 1. The molecule has 4 aromatic rings. The second-order valence-corrected chi connectivity index (χ2v) is 10.9. The second kappa shape index (κ2) is 13.1. The van der Waals surface area contributed by atoms with Crippen molar-refractivity contribution in [3.05, 3.63) is 120 Å². The smallest absolute Gasteiger partial charge is 0.344 e. The van der Waals surface area contributed by atoms with Crippen LogP contribution < -0.4 is 29.7 Å².